The van der Waals surface area contributed by atoms with Crippen molar-refractivity contribution in [1.82, 2.24) is 5.32 Å². The molecule has 0 saturated heterocycles. The van der Waals surface area contributed by atoms with Gasteiger partial charge in [-0.1, -0.05) is 33.1 Å². The molecule has 0 aromatic rings. The predicted molar refractivity (Wildman–Crippen MR) is 50.4 cm³/mol. The van der Waals surface area contributed by atoms with Crippen LogP contribution in [0.1, 0.15) is 46.0 Å². The molecule has 0 saturated carbocycles. The molecule has 0 radical (unpaired) electrons. The van der Waals surface area contributed by atoms with E-state index in [2.05, 4.69) is 19.2 Å². The fraction of sp³-hybridized carbons (Fsp3) is 1.00. The number of rotatable bonds is 7. The molecule has 2 nitrogen and oxygen atoms in total. The molecule has 0 aliphatic rings. The van der Waals surface area contributed by atoms with Crippen LogP contribution in [0.3, 0.4) is 0 Å². The number of unbranched alkanes of at least 4 members (excludes halogenated alkanes) is 3. The maximum Gasteiger partial charge on any atom is 0.0543 e. The molecule has 3 N–H and O–H groups in total. The Labute approximate surface area is 70.5 Å². The van der Waals surface area contributed by atoms with E-state index in [1.165, 1.54) is 25.7 Å². The van der Waals surface area contributed by atoms with Gasteiger partial charge in [-0.3, -0.25) is 0 Å². The van der Waals surface area contributed by atoms with Crippen LogP contribution in [0.15, 0.2) is 0 Å². The fourth-order valence-corrected chi connectivity index (χ4v) is 0.984. The molecule has 0 amide bonds. The average molecular weight is 158 g/mol. The smallest absolute Gasteiger partial charge is 0.0543 e. The van der Waals surface area contributed by atoms with Gasteiger partial charge in [-0.2, -0.15) is 0 Å². The molecule has 0 rings (SSSR count). The maximum atomic E-state index is 5.68. The normalized spacial score (nSPS) is 13.4. The third kappa shape index (κ3) is 7.82. The van der Waals surface area contributed by atoms with Crippen molar-refractivity contribution < 1.29 is 0 Å². The van der Waals surface area contributed by atoms with Crippen LogP contribution < -0.4 is 11.1 Å². The molecule has 0 spiro atoms. The summed E-state index contributed by atoms with van der Waals surface area (Å²) in [5.41, 5.74) is 5.68. The monoisotopic (exact) mass is 158 g/mol. The Bertz CT molecular complexity index is 74.0. The molecule has 0 aliphatic heterocycles. The fourth-order valence-electron chi connectivity index (χ4n) is 0.984. The van der Waals surface area contributed by atoms with Crippen LogP contribution in [-0.2, 0) is 0 Å². The van der Waals surface area contributed by atoms with Crippen molar-refractivity contribution in [2.45, 2.75) is 52.1 Å². The molecule has 1 atom stereocenters. The molecule has 11 heavy (non-hydrogen) atoms. The highest BCUT2D eigenvalue weighted by molar-refractivity contribution is 4.55. The molecule has 0 bridgehead atoms. The minimum absolute atomic E-state index is 0.205. The van der Waals surface area contributed by atoms with Crippen molar-refractivity contribution >= 4 is 0 Å². The molecule has 0 heterocycles. The summed E-state index contributed by atoms with van der Waals surface area (Å²) in [6.07, 6.45) is 6.48. The van der Waals surface area contributed by atoms with Crippen molar-refractivity contribution in [2.75, 3.05) is 6.54 Å². The highest BCUT2D eigenvalue weighted by atomic mass is 15.0. The van der Waals surface area contributed by atoms with Crippen LogP contribution in [0.4, 0.5) is 0 Å². The summed E-state index contributed by atoms with van der Waals surface area (Å²) in [6.45, 7) is 5.41. The van der Waals surface area contributed by atoms with E-state index in [1.807, 2.05) is 0 Å². The van der Waals surface area contributed by atoms with E-state index < -0.39 is 0 Å². The molecule has 0 fully saturated rings. The summed E-state index contributed by atoms with van der Waals surface area (Å²) in [5, 5.41) is 3.27. The second-order valence-corrected chi connectivity index (χ2v) is 3.03. The number of nitrogens with one attached hydrogen (secondary N) is 1. The predicted octanol–water partition coefficient (Wildman–Crippen LogP) is 1.85. The van der Waals surface area contributed by atoms with Gasteiger partial charge in [-0.05, 0) is 19.4 Å². The molecule has 0 aliphatic carbocycles. The third-order valence-corrected chi connectivity index (χ3v) is 1.88. The van der Waals surface area contributed by atoms with Crippen molar-refractivity contribution in [3.63, 3.8) is 0 Å². The van der Waals surface area contributed by atoms with Gasteiger partial charge in [-0.25, -0.2) is 0 Å². The Hall–Kier alpha value is -0.0800. The van der Waals surface area contributed by atoms with Crippen molar-refractivity contribution in [2.24, 2.45) is 5.73 Å². The Morgan fingerprint density at radius 2 is 1.91 bits per heavy atom. The first-order chi connectivity index (χ1) is 5.31. The highest BCUT2D eigenvalue weighted by Gasteiger charge is 1.94. The summed E-state index contributed by atoms with van der Waals surface area (Å²) in [6, 6.07) is 0. The van der Waals surface area contributed by atoms with Crippen LogP contribution in [0.25, 0.3) is 0 Å². The zero-order valence-corrected chi connectivity index (χ0v) is 7.90. The van der Waals surface area contributed by atoms with E-state index in [1.54, 1.807) is 0 Å². The quantitative estimate of drug-likeness (QED) is 0.438. The van der Waals surface area contributed by atoms with E-state index in [9.17, 15) is 0 Å². The summed E-state index contributed by atoms with van der Waals surface area (Å²) >= 11 is 0. The third-order valence-electron chi connectivity index (χ3n) is 1.88. The van der Waals surface area contributed by atoms with Gasteiger partial charge in [0.2, 0.25) is 0 Å². The van der Waals surface area contributed by atoms with E-state index in [-0.39, 0.29) is 6.17 Å². The molecule has 2 heteroatoms. The second kappa shape index (κ2) is 8.02. The summed E-state index contributed by atoms with van der Waals surface area (Å²) in [4.78, 5) is 0. The maximum absolute atomic E-state index is 5.68. The Morgan fingerprint density at radius 1 is 1.18 bits per heavy atom. The number of nitrogens with two attached hydrogens (primary N) is 1. The molecular weight excluding hydrogens is 136 g/mol. The van der Waals surface area contributed by atoms with Gasteiger partial charge in [-0.15, -0.1) is 0 Å². The minimum Gasteiger partial charge on any atom is -0.316 e. The van der Waals surface area contributed by atoms with Crippen molar-refractivity contribution in [3.8, 4) is 0 Å². The SMILES string of the molecule is CCCCCCNC(N)CC. The van der Waals surface area contributed by atoms with E-state index in [4.69, 9.17) is 5.73 Å². The van der Waals surface area contributed by atoms with Gasteiger partial charge < -0.3 is 11.1 Å². The van der Waals surface area contributed by atoms with Gasteiger partial charge >= 0.3 is 0 Å². The summed E-state index contributed by atoms with van der Waals surface area (Å²) < 4.78 is 0. The summed E-state index contributed by atoms with van der Waals surface area (Å²) in [7, 11) is 0. The van der Waals surface area contributed by atoms with Gasteiger partial charge in [0.05, 0.1) is 6.17 Å². The van der Waals surface area contributed by atoms with E-state index in [0.717, 1.165) is 13.0 Å². The standard InChI is InChI=1S/C9H22N2/c1-3-5-6-7-8-11-9(10)4-2/h9,11H,3-8,10H2,1-2H3. The van der Waals surface area contributed by atoms with Gasteiger partial charge in [0.25, 0.3) is 0 Å². The summed E-state index contributed by atoms with van der Waals surface area (Å²) in [5.74, 6) is 0. The lowest BCUT2D eigenvalue weighted by atomic mass is 10.2. The Morgan fingerprint density at radius 3 is 2.45 bits per heavy atom. The van der Waals surface area contributed by atoms with E-state index in [0.29, 0.717) is 0 Å². The van der Waals surface area contributed by atoms with Crippen LogP contribution >= 0.6 is 0 Å². The first-order valence-corrected chi connectivity index (χ1v) is 4.80. The largest absolute Gasteiger partial charge is 0.316 e. The first-order valence-electron chi connectivity index (χ1n) is 4.80. The van der Waals surface area contributed by atoms with Crippen LogP contribution in [0.2, 0.25) is 0 Å². The van der Waals surface area contributed by atoms with Crippen LogP contribution in [-0.4, -0.2) is 12.7 Å². The molecule has 0 aromatic heterocycles. The molecule has 1 unspecified atom stereocenters. The molecular formula is C9H22N2. The Balaban J connectivity index is 2.89. The zero-order valence-electron chi connectivity index (χ0n) is 7.90. The first kappa shape index (κ1) is 10.9. The minimum atomic E-state index is 0.205. The van der Waals surface area contributed by atoms with Gasteiger partial charge in [0.1, 0.15) is 0 Å². The zero-order chi connectivity index (χ0) is 8.53. The molecule has 0 aromatic carbocycles. The van der Waals surface area contributed by atoms with Crippen LogP contribution in [0.5, 0.6) is 0 Å². The average Bonchev–Trinajstić information content (AvgIpc) is 2.04. The Kier molecular flexibility index (Phi) is 7.96. The lowest BCUT2D eigenvalue weighted by Gasteiger charge is -2.10. The van der Waals surface area contributed by atoms with Crippen LogP contribution in [0, 0.1) is 0 Å². The molecule has 68 valence electrons. The van der Waals surface area contributed by atoms with Crippen molar-refractivity contribution in [3.05, 3.63) is 0 Å². The lowest BCUT2D eigenvalue weighted by Crippen LogP contribution is -2.37. The number of hydrogen-bond donors (Lipinski definition) is 2. The topological polar surface area (TPSA) is 38.0 Å². The van der Waals surface area contributed by atoms with Gasteiger partial charge in [0, 0.05) is 0 Å². The van der Waals surface area contributed by atoms with E-state index >= 15 is 0 Å². The lowest BCUT2D eigenvalue weighted by molar-refractivity contribution is 0.493. The highest BCUT2D eigenvalue weighted by Crippen LogP contribution is 1.97. The second-order valence-electron chi connectivity index (χ2n) is 3.03. The number of hydrogen-bond acceptors (Lipinski definition) is 2. The van der Waals surface area contributed by atoms with Gasteiger partial charge in [0.15, 0.2) is 0 Å². The van der Waals surface area contributed by atoms with Crippen molar-refractivity contribution in [1.29, 1.82) is 0 Å².